The number of para-hydroxylation sites is 1. The standard InChI is InChI=1S/C43H30ClNS/c1-43(2)38-19-17-28(24-37(38)42-34-13-7-6-10-27(34)16-20-39(42)43)29-22-30(44)25-33(23-29)45(31-11-4-3-5-12-31)32-18-21-41-36(26-32)35-14-8-9-15-40(35)46-41/h3-26H,1-2H3. The molecule has 3 heteroatoms. The summed E-state index contributed by atoms with van der Waals surface area (Å²) < 4.78 is 2.60. The van der Waals surface area contributed by atoms with Crippen molar-refractivity contribution in [3.05, 3.63) is 162 Å². The first-order chi connectivity index (χ1) is 22.5. The second-order valence-corrected chi connectivity index (χ2v) is 14.3. The van der Waals surface area contributed by atoms with Crippen molar-refractivity contribution in [3.63, 3.8) is 0 Å². The van der Waals surface area contributed by atoms with Gasteiger partial charge in [-0.1, -0.05) is 110 Å². The van der Waals surface area contributed by atoms with E-state index >= 15 is 0 Å². The average Bonchev–Trinajstić information content (AvgIpc) is 3.56. The Balaban J connectivity index is 1.22. The van der Waals surface area contributed by atoms with E-state index in [1.54, 1.807) is 0 Å². The first-order valence-corrected chi connectivity index (χ1v) is 16.9. The molecule has 0 spiro atoms. The number of hydrogen-bond donors (Lipinski definition) is 0. The first kappa shape index (κ1) is 27.4. The summed E-state index contributed by atoms with van der Waals surface area (Å²) in [6.07, 6.45) is 0. The third-order valence-corrected chi connectivity index (χ3v) is 11.0. The van der Waals surface area contributed by atoms with E-state index in [0.717, 1.165) is 28.2 Å². The second kappa shape index (κ2) is 10.3. The van der Waals surface area contributed by atoms with Gasteiger partial charge in [0.1, 0.15) is 0 Å². The average molecular weight is 628 g/mol. The van der Waals surface area contributed by atoms with Gasteiger partial charge in [-0.2, -0.15) is 0 Å². The lowest BCUT2D eigenvalue weighted by molar-refractivity contribution is 0.661. The van der Waals surface area contributed by atoms with Crippen LogP contribution in [-0.4, -0.2) is 0 Å². The van der Waals surface area contributed by atoms with E-state index in [2.05, 4.69) is 164 Å². The number of nitrogens with zero attached hydrogens (tertiary/aromatic N) is 1. The summed E-state index contributed by atoms with van der Waals surface area (Å²) in [4.78, 5) is 2.32. The Morgan fingerprint density at radius 3 is 2.13 bits per heavy atom. The van der Waals surface area contributed by atoms with Crippen LogP contribution in [-0.2, 0) is 5.41 Å². The number of fused-ring (bicyclic) bond motifs is 8. The third-order valence-electron chi connectivity index (χ3n) is 9.67. The number of hydrogen-bond acceptors (Lipinski definition) is 2. The fourth-order valence-electron chi connectivity index (χ4n) is 7.45. The van der Waals surface area contributed by atoms with Crippen molar-refractivity contribution in [2.75, 3.05) is 4.90 Å². The smallest absolute Gasteiger partial charge is 0.0482 e. The van der Waals surface area contributed by atoms with Crippen molar-refractivity contribution in [1.29, 1.82) is 0 Å². The zero-order valence-electron chi connectivity index (χ0n) is 25.6. The molecule has 0 radical (unpaired) electrons. The molecule has 1 nitrogen and oxygen atoms in total. The summed E-state index contributed by atoms with van der Waals surface area (Å²) in [7, 11) is 0. The van der Waals surface area contributed by atoms with E-state index in [4.69, 9.17) is 11.6 Å². The monoisotopic (exact) mass is 627 g/mol. The molecule has 0 N–H and O–H groups in total. The maximum absolute atomic E-state index is 6.97. The second-order valence-electron chi connectivity index (χ2n) is 12.7. The highest BCUT2D eigenvalue weighted by Crippen LogP contribution is 2.52. The van der Waals surface area contributed by atoms with Gasteiger partial charge in [-0.3, -0.25) is 0 Å². The van der Waals surface area contributed by atoms with Crippen molar-refractivity contribution < 1.29 is 0 Å². The Hall–Kier alpha value is -4.89. The minimum atomic E-state index is -0.0682. The number of benzene rings is 7. The molecule has 0 saturated carbocycles. The molecule has 0 saturated heterocycles. The van der Waals surface area contributed by atoms with Crippen LogP contribution in [0, 0.1) is 0 Å². The first-order valence-electron chi connectivity index (χ1n) is 15.7. The van der Waals surface area contributed by atoms with Gasteiger partial charge in [0, 0.05) is 47.7 Å². The molecule has 0 aliphatic heterocycles. The van der Waals surface area contributed by atoms with Crippen LogP contribution in [0.3, 0.4) is 0 Å². The molecule has 0 unspecified atom stereocenters. The van der Waals surface area contributed by atoms with E-state index in [1.165, 1.54) is 53.2 Å². The summed E-state index contributed by atoms with van der Waals surface area (Å²) in [5.74, 6) is 0. The zero-order valence-corrected chi connectivity index (χ0v) is 27.2. The van der Waals surface area contributed by atoms with Crippen LogP contribution in [0.15, 0.2) is 146 Å². The normalized spacial score (nSPS) is 13.3. The molecule has 1 aliphatic carbocycles. The molecule has 0 atom stereocenters. The summed E-state index contributed by atoms with van der Waals surface area (Å²) in [5.41, 5.74) is 10.8. The molecule has 0 bridgehead atoms. The summed E-state index contributed by atoms with van der Waals surface area (Å²) in [5, 5.41) is 5.85. The van der Waals surface area contributed by atoms with Gasteiger partial charge >= 0.3 is 0 Å². The topological polar surface area (TPSA) is 3.24 Å². The Kier molecular flexibility index (Phi) is 6.15. The molecule has 46 heavy (non-hydrogen) atoms. The van der Waals surface area contributed by atoms with E-state index < -0.39 is 0 Å². The van der Waals surface area contributed by atoms with Gasteiger partial charge in [-0.15, -0.1) is 11.3 Å². The summed E-state index contributed by atoms with van der Waals surface area (Å²) in [6, 6.07) is 52.8. The van der Waals surface area contributed by atoms with Crippen LogP contribution < -0.4 is 4.90 Å². The molecule has 0 fully saturated rings. The fraction of sp³-hybridized carbons (Fsp3) is 0.0698. The van der Waals surface area contributed by atoms with Gasteiger partial charge < -0.3 is 4.90 Å². The van der Waals surface area contributed by atoms with Crippen LogP contribution in [0.4, 0.5) is 17.1 Å². The number of rotatable bonds is 4. The lowest BCUT2D eigenvalue weighted by Crippen LogP contribution is -2.14. The molecule has 1 heterocycles. The van der Waals surface area contributed by atoms with Crippen LogP contribution in [0.2, 0.25) is 5.02 Å². The molecular formula is C43H30ClNS. The van der Waals surface area contributed by atoms with Crippen molar-refractivity contribution in [2.45, 2.75) is 19.3 Å². The SMILES string of the molecule is CC1(C)c2ccc(-c3cc(Cl)cc(N(c4ccccc4)c4ccc5sc6ccccc6c5c4)c3)cc2-c2c1ccc1ccccc21. The Labute approximate surface area is 277 Å². The van der Waals surface area contributed by atoms with Crippen LogP contribution >= 0.6 is 22.9 Å². The molecule has 7 aromatic carbocycles. The maximum Gasteiger partial charge on any atom is 0.0482 e. The predicted molar refractivity (Wildman–Crippen MR) is 200 cm³/mol. The zero-order chi connectivity index (χ0) is 31.0. The molecular weight excluding hydrogens is 598 g/mol. The van der Waals surface area contributed by atoms with Gasteiger partial charge in [-0.05, 0) is 105 Å². The molecule has 1 aliphatic rings. The lowest BCUT2D eigenvalue weighted by Gasteiger charge is -2.26. The minimum Gasteiger partial charge on any atom is -0.310 e. The minimum absolute atomic E-state index is 0.0682. The Morgan fingerprint density at radius 2 is 1.26 bits per heavy atom. The molecule has 220 valence electrons. The van der Waals surface area contributed by atoms with Crippen LogP contribution in [0.25, 0.3) is 53.2 Å². The van der Waals surface area contributed by atoms with Gasteiger partial charge in [-0.25, -0.2) is 0 Å². The highest BCUT2D eigenvalue weighted by Gasteiger charge is 2.36. The van der Waals surface area contributed by atoms with Gasteiger partial charge in [0.25, 0.3) is 0 Å². The third kappa shape index (κ3) is 4.21. The molecule has 8 aromatic rings. The summed E-state index contributed by atoms with van der Waals surface area (Å²) >= 11 is 8.81. The number of anilines is 3. The van der Waals surface area contributed by atoms with E-state index in [1.807, 2.05) is 11.3 Å². The van der Waals surface area contributed by atoms with Crippen molar-refractivity contribution in [1.82, 2.24) is 0 Å². The van der Waals surface area contributed by atoms with E-state index in [9.17, 15) is 0 Å². The van der Waals surface area contributed by atoms with E-state index in [0.29, 0.717) is 5.02 Å². The predicted octanol–water partition coefficient (Wildman–Crippen LogP) is 13.3. The van der Waals surface area contributed by atoms with Crippen molar-refractivity contribution in [2.24, 2.45) is 0 Å². The van der Waals surface area contributed by atoms with E-state index in [-0.39, 0.29) is 5.41 Å². The Bertz CT molecular complexity index is 2470. The quantitative estimate of drug-likeness (QED) is 0.188. The van der Waals surface area contributed by atoms with Crippen LogP contribution in [0.5, 0.6) is 0 Å². The molecule has 0 amide bonds. The van der Waals surface area contributed by atoms with Crippen LogP contribution in [0.1, 0.15) is 25.0 Å². The number of thiophene rings is 1. The summed E-state index contributed by atoms with van der Waals surface area (Å²) in [6.45, 7) is 4.68. The van der Waals surface area contributed by atoms with Crippen molar-refractivity contribution >= 4 is 70.9 Å². The highest BCUT2D eigenvalue weighted by molar-refractivity contribution is 7.25. The van der Waals surface area contributed by atoms with Gasteiger partial charge in [0.15, 0.2) is 0 Å². The molecule has 1 aromatic heterocycles. The highest BCUT2D eigenvalue weighted by atomic mass is 35.5. The van der Waals surface area contributed by atoms with Gasteiger partial charge in [0.05, 0.1) is 0 Å². The number of halogens is 1. The molecule has 9 rings (SSSR count). The lowest BCUT2D eigenvalue weighted by atomic mass is 9.82. The largest absolute Gasteiger partial charge is 0.310 e. The fourth-order valence-corrected chi connectivity index (χ4v) is 8.77. The Morgan fingerprint density at radius 1 is 0.522 bits per heavy atom. The van der Waals surface area contributed by atoms with Gasteiger partial charge in [0.2, 0.25) is 0 Å². The van der Waals surface area contributed by atoms with Crippen molar-refractivity contribution in [3.8, 4) is 22.3 Å². The maximum atomic E-state index is 6.97.